The first-order chi connectivity index (χ1) is 17.7. The Bertz CT molecular complexity index is 1110. The van der Waals surface area contributed by atoms with Crippen molar-refractivity contribution in [2.45, 2.75) is 84.7 Å². The van der Waals surface area contributed by atoms with Crippen molar-refractivity contribution in [1.29, 1.82) is 0 Å². The number of non-ortho nitro benzene ring substituents is 1. The molecular weight excluding hydrogens is 487 g/mol. The lowest BCUT2D eigenvalue weighted by molar-refractivity contribution is -0.384. The highest BCUT2D eigenvalue weighted by atomic mass is 16.7. The average Bonchev–Trinajstić information content (AvgIpc) is 3.04. The van der Waals surface area contributed by atoms with E-state index in [1.807, 2.05) is 72.7 Å². The van der Waals surface area contributed by atoms with Gasteiger partial charge in [0.2, 0.25) is 0 Å². The number of rotatable bonds is 10. The van der Waals surface area contributed by atoms with Gasteiger partial charge in [-0.05, 0) is 84.5 Å². The first-order valence-corrected chi connectivity index (χ1v) is 13.0. The summed E-state index contributed by atoms with van der Waals surface area (Å²) in [4.78, 5) is 25.1. The molecule has 0 aliphatic carbocycles. The van der Waals surface area contributed by atoms with Crippen LogP contribution in [0.2, 0.25) is 0 Å². The van der Waals surface area contributed by atoms with Gasteiger partial charge < -0.3 is 23.7 Å². The second-order valence-electron chi connectivity index (χ2n) is 11.5. The van der Waals surface area contributed by atoms with Gasteiger partial charge in [0, 0.05) is 25.2 Å². The first kappa shape index (κ1) is 29.5. The summed E-state index contributed by atoms with van der Waals surface area (Å²) >= 11 is 0. The molecule has 10 heteroatoms. The number of carbonyl (C=O) groups excluding carboxylic acids is 1. The van der Waals surface area contributed by atoms with E-state index in [4.69, 9.17) is 18.8 Å². The molecule has 0 unspecified atom stereocenters. The number of unbranched alkanes of at least 4 members (excludes halogenated alkanes) is 1. The number of ether oxygens (including phenoxy) is 2. The number of hydrogen-bond acceptors (Lipinski definition) is 7. The van der Waals surface area contributed by atoms with E-state index < -0.39 is 34.9 Å². The van der Waals surface area contributed by atoms with Gasteiger partial charge in [0.05, 0.1) is 22.7 Å². The molecule has 1 aliphatic rings. The minimum absolute atomic E-state index is 0.0113. The van der Waals surface area contributed by atoms with Crippen LogP contribution >= 0.6 is 0 Å². The summed E-state index contributed by atoms with van der Waals surface area (Å²) in [5, 5.41) is 11.1. The van der Waals surface area contributed by atoms with Crippen LogP contribution in [0.5, 0.6) is 5.75 Å². The van der Waals surface area contributed by atoms with Crippen LogP contribution in [0, 0.1) is 10.1 Å². The maximum atomic E-state index is 12.8. The molecule has 0 atom stereocenters. The largest absolute Gasteiger partial charge is 0.494 e. The van der Waals surface area contributed by atoms with Gasteiger partial charge in [-0.3, -0.25) is 10.1 Å². The van der Waals surface area contributed by atoms with Crippen LogP contribution in [-0.2, 0) is 20.6 Å². The van der Waals surface area contributed by atoms with Gasteiger partial charge in [0.1, 0.15) is 11.4 Å². The highest BCUT2D eigenvalue weighted by Crippen LogP contribution is 2.36. The molecule has 3 rings (SSSR count). The Balaban J connectivity index is 1.55. The number of carbonyl (C=O) groups is 1. The lowest BCUT2D eigenvalue weighted by atomic mass is 9.79. The van der Waals surface area contributed by atoms with Crippen molar-refractivity contribution >= 4 is 24.4 Å². The normalized spacial score (nSPS) is 16.2. The van der Waals surface area contributed by atoms with Crippen LogP contribution in [0.15, 0.2) is 48.5 Å². The van der Waals surface area contributed by atoms with Crippen molar-refractivity contribution in [3.05, 3.63) is 64.2 Å². The quantitative estimate of drug-likeness (QED) is 0.175. The van der Waals surface area contributed by atoms with Crippen LogP contribution in [0.1, 0.15) is 66.9 Å². The van der Waals surface area contributed by atoms with Crippen LogP contribution in [0.4, 0.5) is 10.5 Å². The molecule has 0 saturated carbocycles. The maximum Gasteiger partial charge on any atom is 0.494 e. The first-order valence-electron chi connectivity index (χ1n) is 13.0. The molecule has 0 bridgehead atoms. The van der Waals surface area contributed by atoms with E-state index in [0.29, 0.717) is 31.6 Å². The van der Waals surface area contributed by atoms with Crippen LogP contribution in [-0.4, -0.2) is 53.0 Å². The monoisotopic (exact) mass is 526 g/mol. The van der Waals surface area contributed by atoms with Crippen molar-refractivity contribution in [2.75, 3.05) is 13.2 Å². The molecule has 1 aliphatic heterocycles. The van der Waals surface area contributed by atoms with E-state index in [2.05, 4.69) is 0 Å². The van der Waals surface area contributed by atoms with Crippen molar-refractivity contribution in [3.8, 4) is 5.75 Å². The minimum atomic E-state index is -0.649. The van der Waals surface area contributed by atoms with E-state index >= 15 is 0 Å². The van der Waals surface area contributed by atoms with Crippen molar-refractivity contribution in [1.82, 2.24) is 4.90 Å². The smallest absolute Gasteiger partial charge is 0.494 e. The van der Waals surface area contributed by atoms with Crippen molar-refractivity contribution < 1.29 is 28.5 Å². The summed E-state index contributed by atoms with van der Waals surface area (Å²) < 4.78 is 23.8. The number of nitro benzene ring substituents is 1. The zero-order valence-electron chi connectivity index (χ0n) is 23.5. The average molecular weight is 526 g/mol. The number of hydrogen-bond donors (Lipinski definition) is 0. The number of amides is 1. The minimum Gasteiger partial charge on any atom is -0.494 e. The molecule has 2 aromatic carbocycles. The fraction of sp³-hybridized carbons (Fsp3) is 0.536. The number of nitro groups is 1. The molecule has 0 N–H and O–H groups in total. The summed E-state index contributed by atoms with van der Waals surface area (Å²) in [5.41, 5.74) is 0.0692. The molecule has 1 saturated heterocycles. The third kappa shape index (κ3) is 7.95. The van der Waals surface area contributed by atoms with Gasteiger partial charge in [0.25, 0.3) is 5.69 Å². The van der Waals surface area contributed by atoms with Crippen LogP contribution in [0.25, 0.3) is 0 Å². The SMILES string of the molecule is CC(C)(C)OC(=O)N(CCCCOc1cccc(B2OC(C)(C)C(C)(C)O2)c1)Cc1cccc([N+](=O)[O-])c1. The fourth-order valence-corrected chi connectivity index (χ4v) is 3.87. The van der Waals surface area contributed by atoms with Gasteiger partial charge >= 0.3 is 13.2 Å². The molecular formula is C28H39BN2O7. The molecule has 1 fully saturated rings. The third-order valence-electron chi connectivity index (χ3n) is 6.62. The molecule has 9 nitrogen and oxygen atoms in total. The van der Waals surface area contributed by atoms with E-state index in [1.54, 1.807) is 17.0 Å². The molecule has 38 heavy (non-hydrogen) atoms. The Morgan fingerprint density at radius 2 is 1.68 bits per heavy atom. The van der Waals surface area contributed by atoms with Gasteiger partial charge in [0.15, 0.2) is 0 Å². The van der Waals surface area contributed by atoms with Crippen LogP contribution < -0.4 is 10.2 Å². The standard InChI is InChI=1S/C28H39BN2O7/c1-26(2,3)36-25(32)30(20-21-12-10-14-23(18-21)31(33)34)16-8-9-17-35-24-15-11-13-22(19-24)29-37-27(4,5)28(6,7)38-29/h10-15,18-19H,8-9,16-17,20H2,1-7H3. The van der Waals surface area contributed by atoms with Crippen molar-refractivity contribution in [3.63, 3.8) is 0 Å². The molecule has 1 amide bonds. The van der Waals surface area contributed by atoms with Crippen molar-refractivity contribution in [2.24, 2.45) is 0 Å². The Morgan fingerprint density at radius 3 is 2.32 bits per heavy atom. The lowest BCUT2D eigenvalue weighted by Gasteiger charge is -2.32. The highest BCUT2D eigenvalue weighted by molar-refractivity contribution is 6.62. The van der Waals surface area contributed by atoms with E-state index in [0.717, 1.165) is 11.2 Å². The highest BCUT2D eigenvalue weighted by Gasteiger charge is 2.51. The second kappa shape index (κ2) is 11.7. The molecule has 0 radical (unpaired) electrons. The molecule has 0 aromatic heterocycles. The summed E-state index contributed by atoms with van der Waals surface area (Å²) in [5.74, 6) is 0.720. The van der Waals surface area contributed by atoms with Gasteiger partial charge in [-0.1, -0.05) is 24.3 Å². The summed E-state index contributed by atoms with van der Waals surface area (Å²) in [6.45, 7) is 14.6. The van der Waals surface area contributed by atoms with E-state index in [9.17, 15) is 14.9 Å². The maximum absolute atomic E-state index is 12.8. The molecule has 206 valence electrons. The van der Waals surface area contributed by atoms with Crippen LogP contribution in [0.3, 0.4) is 0 Å². The molecule has 1 heterocycles. The summed E-state index contributed by atoms with van der Waals surface area (Å²) in [6, 6.07) is 14.0. The fourth-order valence-electron chi connectivity index (χ4n) is 3.87. The predicted molar refractivity (Wildman–Crippen MR) is 147 cm³/mol. The van der Waals surface area contributed by atoms with E-state index in [1.165, 1.54) is 12.1 Å². The zero-order valence-corrected chi connectivity index (χ0v) is 23.5. The Morgan fingerprint density at radius 1 is 1.03 bits per heavy atom. The van der Waals surface area contributed by atoms with Gasteiger partial charge in [-0.15, -0.1) is 0 Å². The lowest BCUT2D eigenvalue weighted by Crippen LogP contribution is -2.41. The number of benzene rings is 2. The molecule has 0 spiro atoms. The molecule has 2 aromatic rings. The number of nitrogens with zero attached hydrogens (tertiary/aromatic N) is 2. The Hall–Kier alpha value is -3.11. The van der Waals surface area contributed by atoms with E-state index in [-0.39, 0.29) is 12.2 Å². The van der Waals surface area contributed by atoms with Gasteiger partial charge in [-0.25, -0.2) is 4.79 Å². The second-order valence-corrected chi connectivity index (χ2v) is 11.5. The summed E-state index contributed by atoms with van der Waals surface area (Å²) in [6.07, 6.45) is 0.917. The third-order valence-corrected chi connectivity index (χ3v) is 6.62. The van der Waals surface area contributed by atoms with Gasteiger partial charge in [-0.2, -0.15) is 0 Å². The Kier molecular flexibility index (Phi) is 9.10. The summed E-state index contributed by atoms with van der Waals surface area (Å²) in [7, 11) is -0.459. The topological polar surface area (TPSA) is 100 Å². The zero-order chi connectivity index (χ0) is 28.1. The predicted octanol–water partition coefficient (Wildman–Crippen LogP) is 5.49. The Labute approximate surface area is 225 Å².